The van der Waals surface area contributed by atoms with Gasteiger partial charge in [-0.15, -0.1) is 0 Å². The summed E-state index contributed by atoms with van der Waals surface area (Å²) in [5, 5.41) is 11.2. The van der Waals surface area contributed by atoms with Crippen LogP contribution in [0.3, 0.4) is 0 Å². The summed E-state index contributed by atoms with van der Waals surface area (Å²) in [4.78, 5) is 23.8. The van der Waals surface area contributed by atoms with Gasteiger partial charge in [-0.05, 0) is 12.8 Å². The van der Waals surface area contributed by atoms with Crippen molar-refractivity contribution in [2.24, 2.45) is 0 Å². The van der Waals surface area contributed by atoms with Crippen LogP contribution in [-0.2, 0) is 9.53 Å². The van der Waals surface area contributed by atoms with E-state index in [9.17, 15) is 9.59 Å². The molecular weight excluding hydrogens is 200 g/mol. The highest BCUT2D eigenvalue weighted by Gasteiger charge is 2.31. The number of nitrogens with zero attached hydrogens (tertiary/aromatic N) is 1. The zero-order valence-electron chi connectivity index (χ0n) is 8.90. The lowest BCUT2D eigenvalue weighted by molar-refractivity contribution is -0.140. The van der Waals surface area contributed by atoms with Crippen molar-refractivity contribution >= 4 is 12.0 Å². The molecule has 15 heavy (non-hydrogen) atoms. The minimum Gasteiger partial charge on any atom is -0.480 e. The Bertz CT molecular complexity index is 252. The SMILES string of the molecule is COCC(NC(=O)N(C)C1CC1)C(=O)O. The van der Waals surface area contributed by atoms with Crippen LogP contribution in [0.25, 0.3) is 0 Å². The highest BCUT2D eigenvalue weighted by molar-refractivity contribution is 5.82. The molecule has 86 valence electrons. The molecule has 2 amide bonds. The lowest BCUT2D eigenvalue weighted by Gasteiger charge is -2.20. The number of methoxy groups -OCH3 is 1. The minimum atomic E-state index is -1.09. The van der Waals surface area contributed by atoms with Crippen molar-refractivity contribution in [1.29, 1.82) is 0 Å². The molecule has 0 spiro atoms. The van der Waals surface area contributed by atoms with Crippen molar-refractivity contribution in [2.45, 2.75) is 24.9 Å². The zero-order valence-corrected chi connectivity index (χ0v) is 8.90. The van der Waals surface area contributed by atoms with E-state index in [4.69, 9.17) is 9.84 Å². The molecule has 1 rings (SSSR count). The highest BCUT2D eigenvalue weighted by atomic mass is 16.5. The quantitative estimate of drug-likeness (QED) is 0.672. The third kappa shape index (κ3) is 3.39. The van der Waals surface area contributed by atoms with E-state index in [1.165, 1.54) is 12.0 Å². The van der Waals surface area contributed by atoms with Crippen LogP contribution in [0.4, 0.5) is 4.79 Å². The Morgan fingerprint density at radius 1 is 1.60 bits per heavy atom. The summed E-state index contributed by atoms with van der Waals surface area (Å²) in [5.74, 6) is -1.09. The summed E-state index contributed by atoms with van der Waals surface area (Å²) < 4.78 is 4.71. The largest absolute Gasteiger partial charge is 0.480 e. The Balaban J connectivity index is 2.42. The molecule has 0 aromatic carbocycles. The Hall–Kier alpha value is -1.30. The number of amides is 2. The molecule has 6 heteroatoms. The molecule has 1 aliphatic rings. The van der Waals surface area contributed by atoms with Crippen molar-refractivity contribution in [2.75, 3.05) is 20.8 Å². The van der Waals surface area contributed by atoms with E-state index in [-0.39, 0.29) is 18.7 Å². The second kappa shape index (κ2) is 4.97. The highest BCUT2D eigenvalue weighted by Crippen LogP contribution is 2.25. The Kier molecular flexibility index (Phi) is 3.90. The zero-order chi connectivity index (χ0) is 11.4. The van der Waals surface area contributed by atoms with E-state index < -0.39 is 12.0 Å². The number of carboxylic acid groups (broad SMARTS) is 1. The maximum atomic E-state index is 11.5. The summed E-state index contributed by atoms with van der Waals surface area (Å²) in [6.07, 6.45) is 1.98. The van der Waals surface area contributed by atoms with Crippen molar-refractivity contribution < 1.29 is 19.4 Å². The first-order valence-electron chi connectivity index (χ1n) is 4.81. The van der Waals surface area contributed by atoms with Gasteiger partial charge in [0.1, 0.15) is 0 Å². The van der Waals surface area contributed by atoms with Crippen LogP contribution in [0.15, 0.2) is 0 Å². The molecule has 0 aromatic heterocycles. The molecule has 0 bridgehead atoms. The van der Waals surface area contributed by atoms with Gasteiger partial charge in [0.05, 0.1) is 6.61 Å². The van der Waals surface area contributed by atoms with E-state index in [1.807, 2.05) is 0 Å². The van der Waals surface area contributed by atoms with Crippen LogP contribution < -0.4 is 5.32 Å². The van der Waals surface area contributed by atoms with Gasteiger partial charge in [0.15, 0.2) is 6.04 Å². The second-order valence-corrected chi connectivity index (χ2v) is 3.64. The first-order valence-corrected chi connectivity index (χ1v) is 4.81. The molecule has 1 fully saturated rings. The number of carbonyl (C=O) groups excluding carboxylic acids is 1. The van der Waals surface area contributed by atoms with Crippen molar-refractivity contribution in [3.63, 3.8) is 0 Å². The molecule has 0 radical (unpaired) electrons. The summed E-state index contributed by atoms with van der Waals surface area (Å²) in [7, 11) is 3.06. The average Bonchev–Trinajstić information content (AvgIpc) is 2.98. The number of urea groups is 1. The summed E-state index contributed by atoms with van der Waals surface area (Å²) in [6.45, 7) is -0.0282. The Morgan fingerprint density at radius 2 is 2.20 bits per heavy atom. The predicted molar refractivity (Wildman–Crippen MR) is 52.6 cm³/mol. The fourth-order valence-corrected chi connectivity index (χ4v) is 1.22. The smallest absolute Gasteiger partial charge is 0.328 e. The Morgan fingerprint density at radius 3 is 2.60 bits per heavy atom. The molecule has 0 heterocycles. The van der Waals surface area contributed by atoms with Gasteiger partial charge in [0, 0.05) is 20.2 Å². The van der Waals surface area contributed by atoms with Crippen LogP contribution in [0, 0.1) is 0 Å². The van der Waals surface area contributed by atoms with Crippen LogP contribution in [0.1, 0.15) is 12.8 Å². The van der Waals surface area contributed by atoms with Crippen molar-refractivity contribution in [3.05, 3.63) is 0 Å². The molecule has 6 nitrogen and oxygen atoms in total. The number of carbonyl (C=O) groups is 2. The van der Waals surface area contributed by atoms with Gasteiger partial charge in [-0.3, -0.25) is 0 Å². The third-order valence-electron chi connectivity index (χ3n) is 2.34. The maximum Gasteiger partial charge on any atom is 0.328 e. The number of hydrogen-bond donors (Lipinski definition) is 2. The van der Waals surface area contributed by atoms with Gasteiger partial charge in [-0.2, -0.15) is 0 Å². The molecular formula is C9H16N2O4. The molecule has 1 aliphatic carbocycles. The predicted octanol–water partition coefficient (Wildman–Crippen LogP) is -0.110. The summed E-state index contributed by atoms with van der Waals surface area (Å²) in [6, 6.07) is -1.08. The number of ether oxygens (including phenoxy) is 1. The maximum absolute atomic E-state index is 11.5. The van der Waals surface area contributed by atoms with Gasteiger partial charge in [0.25, 0.3) is 0 Å². The van der Waals surface area contributed by atoms with Gasteiger partial charge >= 0.3 is 12.0 Å². The van der Waals surface area contributed by atoms with Gasteiger partial charge in [-0.1, -0.05) is 0 Å². The molecule has 2 N–H and O–H groups in total. The average molecular weight is 216 g/mol. The number of aliphatic carboxylic acids is 1. The second-order valence-electron chi connectivity index (χ2n) is 3.64. The van der Waals surface area contributed by atoms with Crippen LogP contribution in [0.2, 0.25) is 0 Å². The number of hydrogen-bond acceptors (Lipinski definition) is 3. The van der Waals surface area contributed by atoms with E-state index in [0.717, 1.165) is 12.8 Å². The van der Waals surface area contributed by atoms with E-state index in [0.29, 0.717) is 0 Å². The Labute approximate surface area is 88.2 Å². The fraction of sp³-hybridized carbons (Fsp3) is 0.778. The van der Waals surface area contributed by atoms with Crippen molar-refractivity contribution in [1.82, 2.24) is 10.2 Å². The van der Waals surface area contributed by atoms with Gasteiger partial charge in [0.2, 0.25) is 0 Å². The standard InChI is InChI=1S/C9H16N2O4/c1-11(6-3-4-6)9(14)10-7(5-15-2)8(12)13/h6-7H,3-5H2,1-2H3,(H,10,14)(H,12,13). The monoisotopic (exact) mass is 216 g/mol. The van der Waals surface area contributed by atoms with Crippen LogP contribution in [0.5, 0.6) is 0 Å². The first-order chi connectivity index (χ1) is 7.06. The third-order valence-corrected chi connectivity index (χ3v) is 2.34. The molecule has 0 aliphatic heterocycles. The molecule has 1 atom stereocenters. The summed E-state index contributed by atoms with van der Waals surface area (Å²) >= 11 is 0. The number of carboxylic acids is 1. The topological polar surface area (TPSA) is 78.9 Å². The lowest BCUT2D eigenvalue weighted by Crippen LogP contribution is -2.49. The minimum absolute atomic E-state index is 0.0282. The van der Waals surface area contributed by atoms with Crippen LogP contribution >= 0.6 is 0 Å². The molecule has 0 aromatic rings. The number of nitrogens with one attached hydrogen (secondary N) is 1. The normalized spacial score (nSPS) is 16.9. The molecule has 1 saturated carbocycles. The van der Waals surface area contributed by atoms with Crippen LogP contribution in [-0.4, -0.2) is 54.9 Å². The molecule has 0 saturated heterocycles. The van der Waals surface area contributed by atoms with E-state index >= 15 is 0 Å². The number of rotatable bonds is 5. The lowest BCUT2D eigenvalue weighted by atomic mass is 10.3. The van der Waals surface area contributed by atoms with Crippen molar-refractivity contribution in [3.8, 4) is 0 Å². The van der Waals surface area contributed by atoms with E-state index in [2.05, 4.69) is 5.32 Å². The van der Waals surface area contributed by atoms with E-state index in [1.54, 1.807) is 7.05 Å². The molecule has 1 unspecified atom stereocenters. The van der Waals surface area contributed by atoms with Gasteiger partial charge < -0.3 is 20.1 Å². The fourth-order valence-electron chi connectivity index (χ4n) is 1.22. The summed E-state index contributed by atoms with van der Waals surface area (Å²) in [5.41, 5.74) is 0. The van der Waals surface area contributed by atoms with Gasteiger partial charge in [-0.25, -0.2) is 9.59 Å². The first kappa shape index (κ1) is 11.8.